The Labute approximate surface area is 237 Å². The van der Waals surface area contributed by atoms with E-state index < -0.39 is 17.6 Å². The number of fused-ring (bicyclic) bond motifs is 1. The lowest BCUT2D eigenvalue weighted by Gasteiger charge is -2.26. The summed E-state index contributed by atoms with van der Waals surface area (Å²) in [6, 6.07) is 14.0. The SMILES string of the molecule is CCOC(=O)C1=C(C)N=c2s/c(=C\c3ccc(-c4ccccc4[N+](=O)O)o3)c(=O)n2C1c1ccc(OC)cc1OC. The first-order valence-electron chi connectivity index (χ1n) is 12.5. The monoisotopic (exact) mass is 576 g/mol. The first-order chi connectivity index (χ1) is 19.8. The van der Waals surface area contributed by atoms with Crippen molar-refractivity contribution in [1.29, 1.82) is 0 Å². The highest BCUT2D eigenvalue weighted by Crippen LogP contribution is 2.37. The number of aromatic nitrogens is 1. The second-order valence-corrected chi connectivity index (χ2v) is 9.91. The topological polar surface area (TPSA) is 133 Å². The van der Waals surface area contributed by atoms with Crippen molar-refractivity contribution in [3.63, 3.8) is 0 Å². The third-order valence-electron chi connectivity index (χ3n) is 6.53. The molecule has 0 radical (unpaired) electrons. The number of nitrogens with zero attached hydrogens (tertiary/aromatic N) is 3. The second kappa shape index (κ2) is 11.3. The fourth-order valence-electron chi connectivity index (χ4n) is 4.68. The van der Waals surface area contributed by atoms with Gasteiger partial charge < -0.3 is 18.6 Å². The van der Waals surface area contributed by atoms with Crippen LogP contribution in [0.5, 0.6) is 11.5 Å². The summed E-state index contributed by atoms with van der Waals surface area (Å²) in [6.07, 6.45) is 1.57. The number of methoxy groups -OCH3 is 2. The highest BCUT2D eigenvalue weighted by Gasteiger charge is 2.35. The Morgan fingerprint density at radius 2 is 1.95 bits per heavy atom. The average molecular weight is 577 g/mol. The van der Waals surface area contributed by atoms with Crippen LogP contribution in [-0.2, 0) is 9.53 Å². The largest absolute Gasteiger partial charge is 0.497 e. The van der Waals surface area contributed by atoms with Crippen LogP contribution >= 0.6 is 11.3 Å². The van der Waals surface area contributed by atoms with E-state index in [-0.39, 0.29) is 22.8 Å². The molecule has 210 valence electrons. The molecule has 0 saturated heterocycles. The number of hydrogen-bond donors (Lipinski definition) is 1. The van der Waals surface area contributed by atoms with Gasteiger partial charge >= 0.3 is 11.7 Å². The van der Waals surface area contributed by atoms with Crippen molar-refractivity contribution in [3.8, 4) is 22.8 Å². The molecule has 3 heterocycles. The molecule has 0 saturated carbocycles. The van der Waals surface area contributed by atoms with Crippen molar-refractivity contribution in [2.24, 2.45) is 4.99 Å². The third kappa shape index (κ3) is 5.05. The maximum Gasteiger partial charge on any atom is 0.338 e. The molecule has 1 aliphatic rings. The van der Waals surface area contributed by atoms with E-state index in [1.165, 1.54) is 24.9 Å². The molecule has 2 aromatic carbocycles. The molecule has 0 amide bonds. The van der Waals surface area contributed by atoms with Crippen molar-refractivity contribution in [2.75, 3.05) is 20.8 Å². The van der Waals surface area contributed by atoms with Crippen LogP contribution < -0.4 is 24.4 Å². The first-order valence-corrected chi connectivity index (χ1v) is 13.4. The quantitative estimate of drug-likeness (QED) is 0.247. The van der Waals surface area contributed by atoms with Gasteiger partial charge in [0.25, 0.3) is 10.5 Å². The molecule has 4 aromatic rings. The number of rotatable bonds is 8. The molecule has 11 nitrogen and oxygen atoms in total. The van der Waals surface area contributed by atoms with Crippen LogP contribution in [0.25, 0.3) is 17.4 Å². The van der Waals surface area contributed by atoms with E-state index in [4.69, 9.17) is 18.6 Å². The van der Waals surface area contributed by atoms with E-state index in [2.05, 4.69) is 4.99 Å². The summed E-state index contributed by atoms with van der Waals surface area (Å²) in [5, 5.41) is 9.46. The van der Waals surface area contributed by atoms with Gasteiger partial charge in [0.15, 0.2) is 4.80 Å². The highest BCUT2D eigenvalue weighted by atomic mass is 32.1. The van der Waals surface area contributed by atoms with E-state index in [0.717, 1.165) is 11.3 Å². The fourth-order valence-corrected chi connectivity index (χ4v) is 5.71. The normalized spacial score (nSPS) is 14.8. The van der Waals surface area contributed by atoms with Gasteiger partial charge in [0.05, 0.1) is 47.1 Å². The zero-order chi connectivity index (χ0) is 29.3. The molecule has 2 aromatic heterocycles. The van der Waals surface area contributed by atoms with Crippen molar-refractivity contribution < 1.29 is 33.6 Å². The minimum atomic E-state index is -0.875. The van der Waals surface area contributed by atoms with Crippen LogP contribution in [0, 0.1) is 4.91 Å². The van der Waals surface area contributed by atoms with Crippen LogP contribution in [0.1, 0.15) is 31.2 Å². The molecular formula is C29H26N3O8S+. The molecule has 1 aliphatic heterocycles. The summed E-state index contributed by atoms with van der Waals surface area (Å²) < 4.78 is 24.0. The molecular weight excluding hydrogens is 550 g/mol. The van der Waals surface area contributed by atoms with Gasteiger partial charge in [0.2, 0.25) is 0 Å². The average Bonchev–Trinajstić information content (AvgIpc) is 3.56. The number of thiazole rings is 1. The lowest BCUT2D eigenvalue weighted by Crippen LogP contribution is -2.40. The predicted molar refractivity (Wildman–Crippen MR) is 149 cm³/mol. The molecule has 1 atom stereocenters. The molecule has 1 unspecified atom stereocenters. The molecule has 1 N–H and O–H groups in total. The molecule has 41 heavy (non-hydrogen) atoms. The van der Waals surface area contributed by atoms with Crippen molar-refractivity contribution in [2.45, 2.75) is 19.9 Å². The third-order valence-corrected chi connectivity index (χ3v) is 7.51. The van der Waals surface area contributed by atoms with Crippen LogP contribution in [-0.4, -0.2) is 41.5 Å². The van der Waals surface area contributed by atoms with E-state index in [1.54, 1.807) is 68.5 Å². The smallest absolute Gasteiger partial charge is 0.338 e. The molecule has 0 fully saturated rings. The van der Waals surface area contributed by atoms with E-state index in [0.29, 0.717) is 49.2 Å². The number of ether oxygens (including phenoxy) is 3. The van der Waals surface area contributed by atoms with Crippen LogP contribution in [0.15, 0.2) is 80.1 Å². The maximum absolute atomic E-state index is 13.9. The second-order valence-electron chi connectivity index (χ2n) is 8.90. The number of carbonyl (C=O) groups excluding carboxylic acids is 1. The van der Waals surface area contributed by atoms with Gasteiger partial charge in [0, 0.05) is 23.8 Å². The number of hydrogen-bond acceptors (Lipinski definition) is 9. The van der Waals surface area contributed by atoms with Gasteiger partial charge in [-0.2, -0.15) is 0 Å². The predicted octanol–water partition coefficient (Wildman–Crippen LogP) is 3.88. The maximum atomic E-state index is 13.9. The molecule has 5 rings (SSSR count). The van der Waals surface area contributed by atoms with E-state index in [1.807, 2.05) is 0 Å². The summed E-state index contributed by atoms with van der Waals surface area (Å²) >= 11 is 1.14. The number of allylic oxidation sites excluding steroid dienone is 1. The lowest BCUT2D eigenvalue weighted by atomic mass is 9.95. The number of esters is 1. The van der Waals surface area contributed by atoms with E-state index in [9.17, 15) is 19.7 Å². The van der Waals surface area contributed by atoms with Gasteiger partial charge in [-0.1, -0.05) is 23.5 Å². The summed E-state index contributed by atoms with van der Waals surface area (Å²) in [5.41, 5.74) is 1.20. The van der Waals surface area contributed by atoms with Gasteiger partial charge in [-0.25, -0.2) is 15.0 Å². The highest BCUT2D eigenvalue weighted by molar-refractivity contribution is 7.07. The van der Waals surface area contributed by atoms with Gasteiger partial charge in [-0.05, 0) is 44.2 Å². The minimum Gasteiger partial charge on any atom is -0.497 e. The Balaban J connectivity index is 1.67. The Hall–Kier alpha value is -4.97. The molecule has 0 spiro atoms. The molecule has 12 heteroatoms. The zero-order valence-electron chi connectivity index (χ0n) is 22.6. The Morgan fingerprint density at radius 1 is 1.17 bits per heavy atom. The zero-order valence-corrected chi connectivity index (χ0v) is 23.4. The van der Waals surface area contributed by atoms with Crippen LogP contribution in [0.4, 0.5) is 5.69 Å². The van der Waals surface area contributed by atoms with Gasteiger partial charge in [-0.3, -0.25) is 9.36 Å². The molecule has 0 bridgehead atoms. The van der Waals surface area contributed by atoms with E-state index >= 15 is 0 Å². The Bertz CT molecular complexity index is 1880. The van der Waals surface area contributed by atoms with Crippen molar-refractivity contribution in [3.05, 3.63) is 102 Å². The van der Waals surface area contributed by atoms with Crippen LogP contribution in [0.2, 0.25) is 0 Å². The minimum absolute atomic E-state index is 0.0168. The number of para-hydroxylation sites is 1. The van der Waals surface area contributed by atoms with Gasteiger partial charge in [-0.15, -0.1) is 0 Å². The Morgan fingerprint density at radius 3 is 2.66 bits per heavy atom. The fraction of sp³-hybridized carbons (Fsp3) is 0.207. The number of carbonyl (C=O) groups is 1. The molecule has 0 aliphatic carbocycles. The summed E-state index contributed by atoms with van der Waals surface area (Å²) in [4.78, 5) is 43.4. The van der Waals surface area contributed by atoms with Crippen molar-refractivity contribution in [1.82, 2.24) is 4.57 Å². The van der Waals surface area contributed by atoms with Gasteiger partial charge in [0.1, 0.15) is 29.1 Å². The van der Waals surface area contributed by atoms with Crippen LogP contribution in [0.3, 0.4) is 0 Å². The lowest BCUT2D eigenvalue weighted by molar-refractivity contribution is -0.729. The number of furan rings is 1. The number of benzene rings is 2. The Kier molecular flexibility index (Phi) is 7.58. The first kappa shape index (κ1) is 27.6. The van der Waals surface area contributed by atoms with Crippen molar-refractivity contribution >= 4 is 29.1 Å². The summed E-state index contributed by atoms with van der Waals surface area (Å²) in [5.74, 6) is 1.06. The summed E-state index contributed by atoms with van der Waals surface area (Å²) in [7, 11) is 3.03. The summed E-state index contributed by atoms with van der Waals surface area (Å²) in [6.45, 7) is 3.55. The standard InChI is InChI=1S/C29H26N3O8S/c1-5-39-28(34)25-16(2)30-29-31(26(25)20-12-10-17(37-3)14-23(20)38-4)27(33)24(41-29)15-18-11-13-22(40-18)19-8-6-7-9-21(19)32(35)36/h6-15,26H,5H2,1-4H3,(H,35,36)/q+1/b24-15-.